The van der Waals surface area contributed by atoms with Gasteiger partial charge in [-0.05, 0) is 30.0 Å². The smallest absolute Gasteiger partial charge is 0.223 e. The third-order valence-corrected chi connectivity index (χ3v) is 5.61. The van der Waals surface area contributed by atoms with Crippen LogP contribution in [-0.4, -0.2) is 57.3 Å². The molecule has 0 radical (unpaired) electrons. The zero-order valence-corrected chi connectivity index (χ0v) is 15.7. The van der Waals surface area contributed by atoms with Crippen molar-refractivity contribution in [2.24, 2.45) is 0 Å². The summed E-state index contributed by atoms with van der Waals surface area (Å²) in [6.07, 6.45) is 2.34. The van der Waals surface area contributed by atoms with Gasteiger partial charge in [0.05, 0.1) is 11.9 Å². The van der Waals surface area contributed by atoms with Crippen molar-refractivity contribution in [2.75, 3.05) is 36.8 Å². The molecule has 1 saturated heterocycles. The second-order valence-corrected chi connectivity index (χ2v) is 7.47. The number of aromatic nitrogens is 3. The summed E-state index contributed by atoms with van der Waals surface area (Å²) in [5, 5.41) is 5.52. The molecule has 0 unspecified atom stereocenters. The lowest BCUT2D eigenvalue weighted by molar-refractivity contribution is -0.131. The Morgan fingerprint density at radius 2 is 1.92 bits per heavy atom. The molecule has 1 amide bonds. The number of carbonyl (C=O) groups excluding carboxylic acids is 1. The summed E-state index contributed by atoms with van der Waals surface area (Å²) < 4.78 is 14.8. The molecule has 0 aliphatic carbocycles. The molecule has 2 aromatic heterocycles. The van der Waals surface area contributed by atoms with E-state index in [1.54, 1.807) is 16.6 Å². The summed E-state index contributed by atoms with van der Waals surface area (Å²) in [6.45, 7) is 2.93. The first-order valence-corrected chi connectivity index (χ1v) is 9.84. The number of hydrogen-bond acceptors (Lipinski definition) is 6. The monoisotopic (exact) mass is 391 g/mol. The Morgan fingerprint density at radius 1 is 1.19 bits per heavy atom. The molecule has 136 valence electrons. The fourth-order valence-corrected chi connectivity index (χ4v) is 4.10. The fraction of sp³-hybridized carbons (Fsp3) is 0.353. The van der Waals surface area contributed by atoms with Gasteiger partial charge in [-0.1, -0.05) is 11.3 Å². The maximum absolute atomic E-state index is 13.1. The first-order chi connectivity index (χ1) is 12.6. The molecule has 1 aliphatic heterocycles. The molecule has 1 aromatic carbocycles. The number of imidazole rings is 1. The molecule has 0 saturated carbocycles. The topological polar surface area (TPSA) is 53.7 Å². The third kappa shape index (κ3) is 3.41. The van der Waals surface area contributed by atoms with E-state index in [0.29, 0.717) is 25.3 Å². The normalized spacial score (nSPS) is 15.0. The Balaban J connectivity index is 1.46. The van der Waals surface area contributed by atoms with Gasteiger partial charge in [0.25, 0.3) is 0 Å². The van der Waals surface area contributed by atoms with E-state index in [0.717, 1.165) is 34.4 Å². The second kappa shape index (κ2) is 7.24. The summed E-state index contributed by atoms with van der Waals surface area (Å²) in [4.78, 5) is 21.4. The number of nitrogens with zero attached hydrogens (tertiary/aromatic N) is 5. The van der Waals surface area contributed by atoms with Crippen LogP contribution in [0.25, 0.3) is 16.2 Å². The van der Waals surface area contributed by atoms with E-state index in [9.17, 15) is 9.18 Å². The minimum Gasteiger partial charge on any atom is -0.343 e. The lowest BCUT2D eigenvalue weighted by Crippen LogP contribution is -2.48. The van der Waals surface area contributed by atoms with E-state index in [4.69, 9.17) is 0 Å². The van der Waals surface area contributed by atoms with Crippen LogP contribution in [0.2, 0.25) is 0 Å². The zero-order chi connectivity index (χ0) is 18.1. The Bertz CT molecular complexity index is 884. The molecule has 1 fully saturated rings. The Hall–Kier alpha value is -2.13. The van der Waals surface area contributed by atoms with Crippen LogP contribution in [0.15, 0.2) is 30.5 Å². The number of thiol groups is 1. The lowest BCUT2D eigenvalue weighted by Gasteiger charge is -2.34. The standard InChI is InChI=1S/C17H18FN5OS2/c18-13-3-1-12(2-4-13)14-11-23-16(19-14)26-17(20-23)22-8-6-21(7-9-22)15(24)5-10-25/h1-4,11,25H,5-10H2. The number of amides is 1. The van der Waals surface area contributed by atoms with Gasteiger partial charge in [-0.15, -0.1) is 5.10 Å². The predicted octanol–water partition coefficient (Wildman–Crippen LogP) is 2.57. The van der Waals surface area contributed by atoms with Gasteiger partial charge in [0.2, 0.25) is 16.0 Å². The Kier molecular flexibility index (Phi) is 4.82. The van der Waals surface area contributed by atoms with Gasteiger partial charge in [0.15, 0.2) is 0 Å². The van der Waals surface area contributed by atoms with Gasteiger partial charge in [0.1, 0.15) is 5.82 Å². The van der Waals surface area contributed by atoms with E-state index >= 15 is 0 Å². The van der Waals surface area contributed by atoms with Crippen LogP contribution in [-0.2, 0) is 4.79 Å². The van der Waals surface area contributed by atoms with Crippen molar-refractivity contribution >= 4 is 40.0 Å². The number of hydrogen-bond donors (Lipinski definition) is 1. The highest BCUT2D eigenvalue weighted by Gasteiger charge is 2.23. The van der Waals surface area contributed by atoms with Crippen molar-refractivity contribution in [1.29, 1.82) is 0 Å². The number of anilines is 1. The molecule has 0 N–H and O–H groups in total. The van der Waals surface area contributed by atoms with Gasteiger partial charge in [-0.2, -0.15) is 12.6 Å². The summed E-state index contributed by atoms with van der Waals surface area (Å²) in [5.41, 5.74) is 1.64. The van der Waals surface area contributed by atoms with E-state index < -0.39 is 0 Å². The molecular formula is C17H18FN5OS2. The van der Waals surface area contributed by atoms with E-state index in [1.165, 1.54) is 23.5 Å². The van der Waals surface area contributed by atoms with E-state index in [1.807, 2.05) is 11.1 Å². The van der Waals surface area contributed by atoms with Crippen molar-refractivity contribution in [1.82, 2.24) is 19.5 Å². The predicted molar refractivity (Wildman–Crippen MR) is 104 cm³/mol. The molecule has 6 nitrogen and oxygen atoms in total. The maximum atomic E-state index is 13.1. The average Bonchev–Trinajstić information content (AvgIpc) is 3.22. The van der Waals surface area contributed by atoms with Gasteiger partial charge in [-0.3, -0.25) is 4.79 Å². The van der Waals surface area contributed by atoms with Crippen molar-refractivity contribution < 1.29 is 9.18 Å². The first-order valence-electron chi connectivity index (χ1n) is 8.40. The molecule has 26 heavy (non-hydrogen) atoms. The summed E-state index contributed by atoms with van der Waals surface area (Å²) in [7, 11) is 0. The maximum Gasteiger partial charge on any atom is 0.223 e. The van der Waals surface area contributed by atoms with Crippen molar-refractivity contribution in [3.05, 3.63) is 36.3 Å². The van der Waals surface area contributed by atoms with Crippen LogP contribution in [0.3, 0.4) is 0 Å². The number of halogens is 1. The van der Waals surface area contributed by atoms with Crippen molar-refractivity contribution in [2.45, 2.75) is 6.42 Å². The zero-order valence-electron chi connectivity index (χ0n) is 14.0. The molecule has 0 spiro atoms. The molecule has 9 heteroatoms. The Morgan fingerprint density at radius 3 is 2.58 bits per heavy atom. The van der Waals surface area contributed by atoms with Crippen LogP contribution in [0.1, 0.15) is 6.42 Å². The van der Waals surface area contributed by atoms with E-state index in [2.05, 4.69) is 27.6 Å². The van der Waals surface area contributed by atoms with Crippen LogP contribution in [0.4, 0.5) is 9.52 Å². The number of rotatable bonds is 4. The van der Waals surface area contributed by atoms with Crippen LogP contribution in [0.5, 0.6) is 0 Å². The first kappa shape index (κ1) is 17.3. The number of benzene rings is 1. The highest BCUT2D eigenvalue weighted by Crippen LogP contribution is 2.27. The molecule has 4 rings (SSSR count). The lowest BCUT2D eigenvalue weighted by atomic mass is 10.2. The van der Waals surface area contributed by atoms with Crippen molar-refractivity contribution in [3.63, 3.8) is 0 Å². The highest BCUT2D eigenvalue weighted by atomic mass is 32.1. The van der Waals surface area contributed by atoms with Crippen molar-refractivity contribution in [3.8, 4) is 11.3 Å². The SMILES string of the molecule is O=C(CCS)N1CCN(c2nn3cc(-c4ccc(F)cc4)nc3s2)CC1. The van der Waals surface area contributed by atoms with E-state index in [-0.39, 0.29) is 11.7 Å². The van der Waals surface area contributed by atoms with Crippen LogP contribution >= 0.6 is 24.0 Å². The van der Waals surface area contributed by atoms with Gasteiger partial charge in [-0.25, -0.2) is 13.9 Å². The van der Waals surface area contributed by atoms with Crippen LogP contribution < -0.4 is 4.90 Å². The summed E-state index contributed by atoms with van der Waals surface area (Å²) >= 11 is 5.64. The molecule has 1 aliphatic rings. The molecule has 3 aromatic rings. The molecule has 0 atom stereocenters. The summed E-state index contributed by atoms with van der Waals surface area (Å²) in [6, 6.07) is 6.28. The Labute approximate surface area is 159 Å². The minimum atomic E-state index is -0.262. The third-order valence-electron chi connectivity index (χ3n) is 4.40. The fourth-order valence-electron chi connectivity index (χ4n) is 2.98. The van der Waals surface area contributed by atoms with Gasteiger partial charge in [0, 0.05) is 38.2 Å². The molecule has 3 heterocycles. The number of fused-ring (bicyclic) bond motifs is 1. The number of piperazine rings is 1. The van der Waals surface area contributed by atoms with Gasteiger partial charge >= 0.3 is 0 Å². The quantitative estimate of drug-likeness (QED) is 0.695. The minimum absolute atomic E-state index is 0.164. The van der Waals surface area contributed by atoms with Gasteiger partial charge < -0.3 is 9.80 Å². The molecule has 0 bridgehead atoms. The average molecular weight is 391 g/mol. The number of carbonyl (C=O) groups is 1. The van der Waals surface area contributed by atoms with Crippen LogP contribution in [0, 0.1) is 5.82 Å². The highest BCUT2D eigenvalue weighted by molar-refractivity contribution is 7.80. The largest absolute Gasteiger partial charge is 0.343 e. The second-order valence-electron chi connectivity index (χ2n) is 6.09. The summed E-state index contributed by atoms with van der Waals surface area (Å²) in [5.74, 6) is 0.485. The molecular weight excluding hydrogens is 373 g/mol.